The number of rotatable bonds is 30. The van der Waals surface area contributed by atoms with Crippen molar-refractivity contribution in [3.05, 3.63) is 29.5 Å². The van der Waals surface area contributed by atoms with E-state index in [1.165, 1.54) is 83.5 Å². The number of benzene rings is 1. The first-order chi connectivity index (χ1) is 25.9. The van der Waals surface area contributed by atoms with E-state index < -0.39 is 0 Å². The van der Waals surface area contributed by atoms with E-state index in [1.54, 1.807) is 18.9 Å². The summed E-state index contributed by atoms with van der Waals surface area (Å²) < 4.78 is 13.2. The van der Waals surface area contributed by atoms with Crippen molar-refractivity contribution < 1.29 is 19.1 Å². The van der Waals surface area contributed by atoms with Gasteiger partial charge in [-0.1, -0.05) is 110 Å². The lowest BCUT2D eigenvalue weighted by atomic mass is 10.0. The molecular weight excluding hydrogens is 669 g/mol. The first kappa shape index (κ1) is 43.3. The first-order valence-corrected chi connectivity index (χ1v) is 20.4. The summed E-state index contributed by atoms with van der Waals surface area (Å²) in [5.41, 5.74) is 8.91. The van der Waals surface area contributed by atoms with E-state index in [9.17, 15) is 9.59 Å². The van der Waals surface area contributed by atoms with Gasteiger partial charge in [0.15, 0.2) is 11.3 Å². The number of nitrogen functional groups attached to an aromatic ring is 1. The van der Waals surface area contributed by atoms with Crippen LogP contribution in [0.4, 0.5) is 11.8 Å². The van der Waals surface area contributed by atoms with E-state index in [1.807, 2.05) is 18.3 Å². The van der Waals surface area contributed by atoms with Gasteiger partial charge in [0.2, 0.25) is 17.8 Å². The Labute approximate surface area is 318 Å². The monoisotopic (exact) mass is 737 g/mol. The Hall–Kier alpha value is -4.09. The van der Waals surface area contributed by atoms with Gasteiger partial charge in [-0.25, -0.2) is 4.98 Å². The van der Waals surface area contributed by atoms with Crippen molar-refractivity contribution in [2.24, 2.45) is 0 Å². The van der Waals surface area contributed by atoms with Gasteiger partial charge in [0.05, 0.1) is 32.5 Å². The molecule has 0 radical (unpaired) electrons. The van der Waals surface area contributed by atoms with Crippen LogP contribution in [-0.4, -0.2) is 58.9 Å². The molecule has 0 bridgehead atoms. The zero-order chi connectivity index (χ0) is 38.1. The number of nitrogens with zero attached hydrogens (tertiary/aromatic N) is 4. The number of amides is 2. The highest BCUT2D eigenvalue weighted by Gasteiger charge is 2.17. The standard InChI is InChI=1S/C41H68N8O4/c1-5-7-9-10-11-12-13-14-15-16-17-18-19-20-21-23-37(50)43-26-22-24-38(51)45-29-32-27-35(52-3)33(36(28-32)53-4)30-49-31-34-39(48-49)40(44-25-8-6-2)47-41(42)46-34/h27-28,31H,5-26,29-30H2,1-4H3,(H,43,50)(H,45,51)(H3,42,44,46,47). The van der Waals surface area contributed by atoms with Crippen LogP contribution in [0, 0.1) is 0 Å². The summed E-state index contributed by atoms with van der Waals surface area (Å²) in [6.45, 7) is 6.36. The second kappa shape index (κ2) is 25.8. The zero-order valence-electron chi connectivity index (χ0n) is 33.2. The maximum atomic E-state index is 12.6. The van der Waals surface area contributed by atoms with Crippen LogP contribution in [0.25, 0.3) is 11.0 Å². The van der Waals surface area contributed by atoms with Crippen LogP contribution < -0.4 is 31.2 Å². The number of carbonyl (C=O) groups excluding carboxylic acids is 2. The van der Waals surface area contributed by atoms with Crippen LogP contribution in [0.5, 0.6) is 11.5 Å². The van der Waals surface area contributed by atoms with Crippen LogP contribution in [0.1, 0.15) is 153 Å². The number of anilines is 2. The normalized spacial score (nSPS) is 11.2. The average molecular weight is 737 g/mol. The minimum Gasteiger partial charge on any atom is -0.496 e. The molecule has 0 saturated heterocycles. The van der Waals surface area contributed by atoms with E-state index >= 15 is 0 Å². The van der Waals surface area contributed by atoms with Crippen molar-refractivity contribution >= 4 is 34.6 Å². The van der Waals surface area contributed by atoms with Gasteiger partial charge in [-0.05, 0) is 37.0 Å². The highest BCUT2D eigenvalue weighted by molar-refractivity contribution is 5.85. The molecule has 2 amide bonds. The van der Waals surface area contributed by atoms with E-state index in [0.29, 0.717) is 67.2 Å². The number of hydrogen-bond acceptors (Lipinski definition) is 9. The van der Waals surface area contributed by atoms with E-state index in [0.717, 1.165) is 43.4 Å². The topological polar surface area (TPSA) is 158 Å². The highest BCUT2D eigenvalue weighted by atomic mass is 16.5. The molecule has 0 atom stereocenters. The minimum absolute atomic E-state index is 0.0729. The molecule has 0 aliphatic rings. The average Bonchev–Trinajstić information content (AvgIpc) is 3.56. The van der Waals surface area contributed by atoms with Crippen molar-refractivity contribution in [3.63, 3.8) is 0 Å². The van der Waals surface area contributed by atoms with Crippen molar-refractivity contribution in [2.45, 2.75) is 155 Å². The molecule has 0 aliphatic carbocycles. The fourth-order valence-corrected chi connectivity index (χ4v) is 6.53. The summed E-state index contributed by atoms with van der Waals surface area (Å²) in [6.07, 6.45) is 25.0. The number of nitrogens with two attached hydrogens (primary N) is 1. The number of nitrogens with one attached hydrogen (secondary N) is 3. The summed E-state index contributed by atoms with van der Waals surface area (Å²) in [5.74, 6) is 2.04. The number of methoxy groups -OCH3 is 2. The summed E-state index contributed by atoms with van der Waals surface area (Å²) in [4.78, 5) is 33.6. The molecule has 5 N–H and O–H groups in total. The van der Waals surface area contributed by atoms with Crippen molar-refractivity contribution in [1.29, 1.82) is 0 Å². The first-order valence-electron chi connectivity index (χ1n) is 20.4. The Morgan fingerprint density at radius 3 is 1.83 bits per heavy atom. The predicted octanol–water partition coefficient (Wildman–Crippen LogP) is 8.46. The van der Waals surface area contributed by atoms with Gasteiger partial charge >= 0.3 is 0 Å². The van der Waals surface area contributed by atoms with Crippen molar-refractivity contribution in [1.82, 2.24) is 30.4 Å². The Kier molecular flexibility index (Phi) is 21.1. The molecule has 1 aromatic carbocycles. The molecule has 296 valence electrons. The third-order valence-corrected chi connectivity index (χ3v) is 9.64. The van der Waals surface area contributed by atoms with Crippen LogP contribution in [0.3, 0.4) is 0 Å². The molecule has 0 unspecified atom stereocenters. The quantitative estimate of drug-likeness (QED) is 0.0493. The number of unbranched alkanes of at least 4 members (excludes halogenated alkanes) is 15. The minimum atomic E-state index is -0.0735. The number of aromatic nitrogens is 4. The summed E-state index contributed by atoms with van der Waals surface area (Å²) in [6, 6.07) is 3.80. The molecule has 12 heteroatoms. The molecule has 53 heavy (non-hydrogen) atoms. The van der Waals surface area contributed by atoms with Crippen molar-refractivity contribution in [3.8, 4) is 11.5 Å². The molecule has 3 aromatic rings. The van der Waals surface area contributed by atoms with E-state index in [4.69, 9.17) is 20.3 Å². The smallest absolute Gasteiger partial charge is 0.222 e. The van der Waals surface area contributed by atoms with Gasteiger partial charge < -0.3 is 31.2 Å². The second-order valence-electron chi connectivity index (χ2n) is 14.2. The SMILES string of the molecule is CCCCCCCCCCCCCCCCCC(=O)NCCCC(=O)NCc1cc(OC)c(Cn2cc3nc(N)nc(NCCCC)c3n2)c(OC)c1. The summed E-state index contributed by atoms with van der Waals surface area (Å²) >= 11 is 0. The Morgan fingerprint density at radius 1 is 0.698 bits per heavy atom. The van der Waals surface area contributed by atoms with Gasteiger partial charge in [0.1, 0.15) is 17.0 Å². The maximum absolute atomic E-state index is 12.6. The van der Waals surface area contributed by atoms with Gasteiger partial charge in [-0.3, -0.25) is 14.3 Å². The Bertz CT molecular complexity index is 1470. The molecule has 12 nitrogen and oxygen atoms in total. The third-order valence-electron chi connectivity index (χ3n) is 9.64. The van der Waals surface area contributed by atoms with E-state index in [2.05, 4.69) is 39.8 Å². The second-order valence-corrected chi connectivity index (χ2v) is 14.2. The van der Waals surface area contributed by atoms with Crippen LogP contribution in [-0.2, 0) is 22.7 Å². The third kappa shape index (κ3) is 16.6. The van der Waals surface area contributed by atoms with Crippen LogP contribution >= 0.6 is 0 Å². The van der Waals surface area contributed by atoms with Gasteiger partial charge in [-0.2, -0.15) is 10.1 Å². The molecule has 0 saturated carbocycles. The zero-order valence-corrected chi connectivity index (χ0v) is 33.2. The predicted molar refractivity (Wildman–Crippen MR) is 215 cm³/mol. The Balaban J connectivity index is 1.31. The lowest BCUT2D eigenvalue weighted by molar-refractivity contribution is -0.123. The molecule has 0 aliphatic heterocycles. The van der Waals surface area contributed by atoms with Crippen molar-refractivity contribution in [2.75, 3.05) is 38.4 Å². The molecule has 2 heterocycles. The maximum Gasteiger partial charge on any atom is 0.222 e. The van der Waals surface area contributed by atoms with Crippen LogP contribution in [0.15, 0.2) is 18.3 Å². The lowest BCUT2D eigenvalue weighted by Crippen LogP contribution is -2.27. The molecule has 2 aromatic heterocycles. The fourth-order valence-electron chi connectivity index (χ4n) is 6.53. The van der Waals surface area contributed by atoms with Gasteiger partial charge in [0, 0.05) is 32.5 Å². The molecule has 0 spiro atoms. The number of carbonyl (C=O) groups is 2. The summed E-state index contributed by atoms with van der Waals surface area (Å²) in [7, 11) is 3.22. The van der Waals surface area contributed by atoms with Crippen LogP contribution in [0.2, 0.25) is 0 Å². The van der Waals surface area contributed by atoms with Gasteiger partial charge in [0.25, 0.3) is 0 Å². The summed E-state index contributed by atoms with van der Waals surface area (Å²) in [5, 5.41) is 14.0. The van der Waals surface area contributed by atoms with Gasteiger partial charge in [-0.15, -0.1) is 0 Å². The van der Waals surface area contributed by atoms with E-state index in [-0.39, 0.29) is 17.8 Å². The highest BCUT2D eigenvalue weighted by Crippen LogP contribution is 2.32. The largest absolute Gasteiger partial charge is 0.496 e. The molecular formula is C41H68N8O4. The Morgan fingerprint density at radius 2 is 1.25 bits per heavy atom. The lowest BCUT2D eigenvalue weighted by Gasteiger charge is -2.16. The number of hydrogen-bond donors (Lipinski definition) is 4. The fraction of sp³-hybridized carbons (Fsp3) is 0.683. The molecule has 0 fully saturated rings. The number of fused-ring (bicyclic) bond motifs is 1. The molecule has 3 rings (SSSR count). The number of ether oxygens (including phenoxy) is 2.